The molecule has 2 aromatic rings. The molecule has 0 heterocycles. The SMILES string of the molecule is COc1cccc(-c2cc(C)cc(C(=O)O)c2)c1F. The molecule has 0 fully saturated rings. The van der Waals surface area contributed by atoms with Gasteiger partial charge < -0.3 is 9.84 Å². The molecule has 0 amide bonds. The van der Waals surface area contributed by atoms with Crippen molar-refractivity contribution in [2.75, 3.05) is 7.11 Å². The summed E-state index contributed by atoms with van der Waals surface area (Å²) >= 11 is 0. The quantitative estimate of drug-likeness (QED) is 0.918. The third-order valence-electron chi connectivity index (χ3n) is 2.82. The Bertz CT molecular complexity index is 635. The van der Waals surface area contributed by atoms with E-state index in [9.17, 15) is 9.18 Å². The van der Waals surface area contributed by atoms with E-state index in [1.165, 1.54) is 19.2 Å². The molecule has 4 heteroatoms. The summed E-state index contributed by atoms with van der Waals surface area (Å²) in [7, 11) is 1.39. The first-order valence-corrected chi connectivity index (χ1v) is 5.71. The Morgan fingerprint density at radius 3 is 2.63 bits per heavy atom. The van der Waals surface area contributed by atoms with Gasteiger partial charge in [0, 0.05) is 5.56 Å². The maximum absolute atomic E-state index is 14.2. The lowest BCUT2D eigenvalue weighted by Gasteiger charge is -2.09. The molecular formula is C15H13FO3. The lowest BCUT2D eigenvalue weighted by Crippen LogP contribution is -1.98. The van der Waals surface area contributed by atoms with Crippen LogP contribution in [0, 0.1) is 12.7 Å². The summed E-state index contributed by atoms with van der Waals surface area (Å²) in [5, 5.41) is 9.03. The average Bonchev–Trinajstić information content (AvgIpc) is 2.38. The molecule has 3 nitrogen and oxygen atoms in total. The van der Waals surface area contributed by atoms with E-state index in [1.807, 2.05) is 0 Å². The summed E-state index contributed by atoms with van der Waals surface area (Å²) in [6.07, 6.45) is 0. The molecule has 2 aromatic carbocycles. The van der Waals surface area contributed by atoms with E-state index in [2.05, 4.69) is 0 Å². The van der Waals surface area contributed by atoms with Crippen LogP contribution in [0.3, 0.4) is 0 Å². The summed E-state index contributed by atoms with van der Waals surface area (Å²) in [6.45, 7) is 1.77. The van der Waals surface area contributed by atoms with E-state index in [-0.39, 0.29) is 11.3 Å². The van der Waals surface area contributed by atoms with E-state index in [0.29, 0.717) is 11.1 Å². The first-order valence-electron chi connectivity index (χ1n) is 5.71. The minimum Gasteiger partial charge on any atom is -0.494 e. The Kier molecular flexibility index (Phi) is 3.51. The number of hydrogen-bond donors (Lipinski definition) is 1. The molecule has 0 aromatic heterocycles. The normalized spacial score (nSPS) is 10.3. The largest absolute Gasteiger partial charge is 0.494 e. The zero-order valence-corrected chi connectivity index (χ0v) is 10.6. The Morgan fingerprint density at radius 1 is 1.26 bits per heavy atom. The number of carbonyl (C=O) groups is 1. The van der Waals surface area contributed by atoms with Crippen LogP contribution in [0.15, 0.2) is 36.4 Å². The predicted molar refractivity (Wildman–Crippen MR) is 70.1 cm³/mol. The van der Waals surface area contributed by atoms with Crippen LogP contribution in [-0.2, 0) is 0 Å². The molecule has 0 aliphatic rings. The van der Waals surface area contributed by atoms with E-state index >= 15 is 0 Å². The van der Waals surface area contributed by atoms with Crippen molar-refractivity contribution in [1.82, 2.24) is 0 Å². The lowest BCUT2D eigenvalue weighted by atomic mass is 9.99. The van der Waals surface area contributed by atoms with Gasteiger partial charge in [0.25, 0.3) is 0 Å². The summed E-state index contributed by atoms with van der Waals surface area (Å²) in [5.41, 5.74) is 1.74. The van der Waals surface area contributed by atoms with Crippen molar-refractivity contribution < 1.29 is 19.0 Å². The van der Waals surface area contributed by atoms with Crippen LogP contribution >= 0.6 is 0 Å². The van der Waals surface area contributed by atoms with Gasteiger partial charge in [-0.15, -0.1) is 0 Å². The number of ether oxygens (including phenoxy) is 1. The van der Waals surface area contributed by atoms with Gasteiger partial charge in [-0.25, -0.2) is 9.18 Å². The fourth-order valence-electron chi connectivity index (χ4n) is 1.95. The molecular weight excluding hydrogens is 247 g/mol. The smallest absolute Gasteiger partial charge is 0.335 e. The Balaban J connectivity index is 2.62. The second-order valence-corrected chi connectivity index (χ2v) is 4.21. The van der Waals surface area contributed by atoms with Crippen molar-refractivity contribution in [3.05, 3.63) is 53.3 Å². The summed E-state index contributed by atoms with van der Waals surface area (Å²) in [4.78, 5) is 11.0. The molecule has 98 valence electrons. The highest BCUT2D eigenvalue weighted by atomic mass is 19.1. The molecule has 1 N–H and O–H groups in total. The second-order valence-electron chi connectivity index (χ2n) is 4.21. The van der Waals surface area contributed by atoms with E-state index in [1.54, 1.807) is 31.2 Å². The molecule has 0 aliphatic heterocycles. The molecule has 0 atom stereocenters. The number of rotatable bonds is 3. The highest BCUT2D eigenvalue weighted by Gasteiger charge is 2.13. The highest BCUT2D eigenvalue weighted by molar-refractivity contribution is 5.90. The first kappa shape index (κ1) is 13.1. The van der Waals surface area contributed by atoms with E-state index in [4.69, 9.17) is 9.84 Å². The number of carboxylic acids is 1. The third kappa shape index (κ3) is 2.57. The molecule has 0 saturated carbocycles. The molecule has 0 radical (unpaired) electrons. The Hall–Kier alpha value is -2.36. The van der Waals surface area contributed by atoms with Crippen LogP contribution in [0.5, 0.6) is 5.75 Å². The standard InChI is InChI=1S/C15H13FO3/c1-9-6-10(8-11(7-9)15(17)18)12-4-3-5-13(19-2)14(12)16/h3-8H,1-2H3,(H,17,18). The number of aromatic carboxylic acids is 1. The monoisotopic (exact) mass is 260 g/mol. The van der Waals surface area contributed by atoms with E-state index < -0.39 is 11.8 Å². The summed E-state index contributed by atoms with van der Waals surface area (Å²) in [5.74, 6) is -1.39. The van der Waals surface area contributed by atoms with Gasteiger partial charge in [-0.05, 0) is 36.2 Å². The van der Waals surface area contributed by atoms with Gasteiger partial charge in [0.2, 0.25) is 0 Å². The lowest BCUT2D eigenvalue weighted by molar-refractivity contribution is 0.0697. The minimum atomic E-state index is -1.03. The van der Waals surface area contributed by atoms with Crippen LogP contribution in [-0.4, -0.2) is 18.2 Å². The number of halogens is 1. The third-order valence-corrected chi connectivity index (χ3v) is 2.82. The molecule has 0 bridgehead atoms. The Labute approximate surface area is 110 Å². The second kappa shape index (κ2) is 5.10. The molecule has 0 saturated heterocycles. The van der Waals surface area contributed by atoms with Crippen molar-refractivity contribution in [3.63, 3.8) is 0 Å². The zero-order chi connectivity index (χ0) is 14.0. The maximum atomic E-state index is 14.2. The van der Waals surface area contributed by atoms with Gasteiger partial charge in [-0.1, -0.05) is 18.2 Å². The van der Waals surface area contributed by atoms with Crippen molar-refractivity contribution in [3.8, 4) is 16.9 Å². The number of benzene rings is 2. The number of methoxy groups -OCH3 is 1. The minimum absolute atomic E-state index is 0.135. The summed E-state index contributed by atoms with van der Waals surface area (Å²) in [6, 6.07) is 9.52. The van der Waals surface area contributed by atoms with Gasteiger partial charge >= 0.3 is 5.97 Å². The van der Waals surface area contributed by atoms with Crippen molar-refractivity contribution in [2.24, 2.45) is 0 Å². The topological polar surface area (TPSA) is 46.5 Å². The van der Waals surface area contributed by atoms with Crippen molar-refractivity contribution in [2.45, 2.75) is 6.92 Å². The molecule has 2 rings (SSSR count). The molecule has 0 spiro atoms. The Morgan fingerprint density at radius 2 is 2.00 bits per heavy atom. The predicted octanol–water partition coefficient (Wildman–Crippen LogP) is 3.51. The number of aryl methyl sites for hydroxylation is 1. The van der Waals surface area contributed by atoms with Crippen LogP contribution in [0.25, 0.3) is 11.1 Å². The molecule has 0 aliphatic carbocycles. The first-order chi connectivity index (χ1) is 9.02. The van der Waals surface area contributed by atoms with Crippen LogP contribution in [0.4, 0.5) is 4.39 Å². The van der Waals surface area contributed by atoms with Gasteiger partial charge in [0.15, 0.2) is 11.6 Å². The molecule has 19 heavy (non-hydrogen) atoms. The van der Waals surface area contributed by atoms with Gasteiger partial charge in [-0.3, -0.25) is 0 Å². The van der Waals surface area contributed by atoms with E-state index in [0.717, 1.165) is 5.56 Å². The van der Waals surface area contributed by atoms with Gasteiger partial charge in [-0.2, -0.15) is 0 Å². The van der Waals surface area contributed by atoms with Crippen molar-refractivity contribution in [1.29, 1.82) is 0 Å². The van der Waals surface area contributed by atoms with Crippen LogP contribution in [0.1, 0.15) is 15.9 Å². The number of hydrogen-bond acceptors (Lipinski definition) is 2. The molecule has 0 unspecified atom stereocenters. The van der Waals surface area contributed by atoms with Gasteiger partial charge in [0.1, 0.15) is 0 Å². The fourth-order valence-corrected chi connectivity index (χ4v) is 1.95. The maximum Gasteiger partial charge on any atom is 0.335 e. The van der Waals surface area contributed by atoms with Crippen LogP contribution in [0.2, 0.25) is 0 Å². The van der Waals surface area contributed by atoms with Crippen LogP contribution < -0.4 is 4.74 Å². The van der Waals surface area contributed by atoms with Gasteiger partial charge in [0.05, 0.1) is 12.7 Å². The summed E-state index contributed by atoms with van der Waals surface area (Å²) < 4.78 is 19.1. The van der Waals surface area contributed by atoms with Crippen molar-refractivity contribution >= 4 is 5.97 Å². The number of carboxylic acid groups (broad SMARTS) is 1. The zero-order valence-electron chi connectivity index (χ0n) is 10.6. The average molecular weight is 260 g/mol. The fraction of sp³-hybridized carbons (Fsp3) is 0.133. The highest BCUT2D eigenvalue weighted by Crippen LogP contribution is 2.30.